The topological polar surface area (TPSA) is 21.3 Å². The number of hydrogen-bond donors (Lipinski definition) is 1. The summed E-state index contributed by atoms with van der Waals surface area (Å²) < 4.78 is 5.21. The summed E-state index contributed by atoms with van der Waals surface area (Å²) in [5.41, 5.74) is 2.26. The van der Waals surface area contributed by atoms with Gasteiger partial charge in [-0.1, -0.05) is 22.0 Å². The number of rotatable bonds is 3. The Labute approximate surface area is 81.1 Å². The minimum Gasteiger partial charge on any atom is -0.496 e. The average Bonchev–Trinajstić information content (AvgIpc) is 2.16. The lowest BCUT2D eigenvalue weighted by Gasteiger charge is -2.10. The average molecular weight is 230 g/mol. The fourth-order valence-corrected chi connectivity index (χ4v) is 1.71. The Morgan fingerprint density at radius 1 is 1.50 bits per heavy atom. The highest BCUT2D eigenvalue weighted by Gasteiger charge is 2.04. The smallest absolute Gasteiger partial charge is 0.124 e. The number of methoxy groups -OCH3 is 1. The largest absolute Gasteiger partial charge is 0.496 e. The van der Waals surface area contributed by atoms with Gasteiger partial charge in [0.2, 0.25) is 0 Å². The summed E-state index contributed by atoms with van der Waals surface area (Å²) in [7, 11) is 3.59. The number of hydrogen-bond acceptors (Lipinski definition) is 2. The van der Waals surface area contributed by atoms with Crippen LogP contribution in [0.1, 0.15) is 5.56 Å². The zero-order valence-corrected chi connectivity index (χ0v) is 8.81. The van der Waals surface area contributed by atoms with Gasteiger partial charge in [0.1, 0.15) is 5.75 Å². The predicted octanol–water partition coefficient (Wildman–Crippen LogP) is 2.63. The minimum absolute atomic E-state index is 0.799. The molecule has 0 heterocycles. The molecule has 0 saturated heterocycles. The van der Waals surface area contributed by atoms with E-state index in [0.717, 1.165) is 22.3 Å². The molecule has 1 rings (SSSR count). The first-order valence-corrected chi connectivity index (χ1v) is 4.85. The second-order valence-electron chi connectivity index (χ2n) is 2.37. The maximum Gasteiger partial charge on any atom is 0.124 e. The maximum atomic E-state index is 5.21. The molecule has 12 heavy (non-hydrogen) atoms. The van der Waals surface area contributed by atoms with Crippen LogP contribution >= 0.6 is 15.9 Å². The quantitative estimate of drug-likeness (QED) is 0.806. The molecule has 0 bridgehead atoms. The third kappa shape index (κ3) is 1.72. The first-order chi connectivity index (χ1) is 5.83. The third-order valence-electron chi connectivity index (χ3n) is 1.76. The summed E-state index contributed by atoms with van der Waals surface area (Å²) in [6.07, 6.45) is 0. The van der Waals surface area contributed by atoms with Crippen molar-refractivity contribution in [3.05, 3.63) is 23.8 Å². The Morgan fingerprint density at radius 2 is 2.25 bits per heavy atom. The minimum atomic E-state index is 0.799. The lowest BCUT2D eigenvalue weighted by molar-refractivity contribution is 0.411. The molecule has 1 N–H and O–H groups in total. The Hall–Kier alpha value is -0.700. The van der Waals surface area contributed by atoms with Crippen LogP contribution < -0.4 is 10.1 Å². The van der Waals surface area contributed by atoms with Gasteiger partial charge in [0.15, 0.2) is 0 Å². The van der Waals surface area contributed by atoms with Crippen LogP contribution in [0.5, 0.6) is 5.75 Å². The molecule has 0 aromatic heterocycles. The molecule has 0 spiro atoms. The van der Waals surface area contributed by atoms with Gasteiger partial charge in [-0.3, -0.25) is 0 Å². The fourth-order valence-electron chi connectivity index (χ4n) is 1.13. The summed E-state index contributed by atoms with van der Waals surface area (Å²) in [5, 5.41) is 3.91. The third-order valence-corrected chi connectivity index (χ3v) is 2.32. The zero-order valence-electron chi connectivity index (χ0n) is 7.23. The van der Waals surface area contributed by atoms with Crippen molar-refractivity contribution in [2.45, 2.75) is 5.33 Å². The van der Waals surface area contributed by atoms with Crippen LogP contribution in [0.2, 0.25) is 0 Å². The Morgan fingerprint density at radius 3 is 2.75 bits per heavy atom. The number of ether oxygens (including phenoxy) is 1. The van der Waals surface area contributed by atoms with Crippen LogP contribution in [0.3, 0.4) is 0 Å². The van der Waals surface area contributed by atoms with Crippen LogP contribution in [0.4, 0.5) is 5.69 Å². The van der Waals surface area contributed by atoms with Crippen molar-refractivity contribution in [2.24, 2.45) is 0 Å². The molecular formula is C9H12BrNO. The van der Waals surface area contributed by atoms with Gasteiger partial charge in [0.25, 0.3) is 0 Å². The highest BCUT2D eigenvalue weighted by Crippen LogP contribution is 2.27. The van der Waals surface area contributed by atoms with Crippen molar-refractivity contribution in [3.63, 3.8) is 0 Å². The molecule has 1 aromatic rings. The number of halogens is 1. The molecule has 66 valence electrons. The van der Waals surface area contributed by atoms with E-state index in [4.69, 9.17) is 4.74 Å². The van der Waals surface area contributed by atoms with Crippen molar-refractivity contribution in [1.82, 2.24) is 0 Å². The van der Waals surface area contributed by atoms with Gasteiger partial charge >= 0.3 is 0 Å². The second kappa shape index (κ2) is 4.36. The molecule has 0 amide bonds. The zero-order chi connectivity index (χ0) is 8.97. The van der Waals surface area contributed by atoms with Gasteiger partial charge in [-0.15, -0.1) is 0 Å². The first kappa shape index (κ1) is 9.39. The monoisotopic (exact) mass is 229 g/mol. The van der Waals surface area contributed by atoms with E-state index in [1.807, 2.05) is 25.2 Å². The Kier molecular flexibility index (Phi) is 3.41. The summed E-state index contributed by atoms with van der Waals surface area (Å²) in [5.74, 6) is 0.915. The van der Waals surface area contributed by atoms with Crippen molar-refractivity contribution >= 4 is 21.6 Å². The van der Waals surface area contributed by atoms with Crippen LogP contribution in [0.25, 0.3) is 0 Å². The highest BCUT2D eigenvalue weighted by atomic mass is 79.9. The molecule has 0 atom stereocenters. The van der Waals surface area contributed by atoms with Crippen molar-refractivity contribution < 1.29 is 4.74 Å². The summed E-state index contributed by atoms with van der Waals surface area (Å²) in [6, 6.07) is 5.95. The van der Waals surface area contributed by atoms with Crippen LogP contribution in [-0.2, 0) is 5.33 Å². The van der Waals surface area contributed by atoms with E-state index < -0.39 is 0 Å². The Balaban J connectivity index is 3.13. The fraction of sp³-hybridized carbons (Fsp3) is 0.333. The molecule has 0 aliphatic rings. The van der Waals surface area contributed by atoms with E-state index in [0.29, 0.717) is 0 Å². The van der Waals surface area contributed by atoms with Gasteiger partial charge in [-0.25, -0.2) is 0 Å². The summed E-state index contributed by atoms with van der Waals surface area (Å²) in [6.45, 7) is 0. The second-order valence-corrected chi connectivity index (χ2v) is 2.93. The van der Waals surface area contributed by atoms with E-state index in [-0.39, 0.29) is 0 Å². The van der Waals surface area contributed by atoms with Gasteiger partial charge in [-0.05, 0) is 12.1 Å². The normalized spacial score (nSPS) is 9.58. The van der Waals surface area contributed by atoms with E-state index >= 15 is 0 Å². The molecule has 2 nitrogen and oxygen atoms in total. The van der Waals surface area contributed by atoms with E-state index in [9.17, 15) is 0 Å². The molecule has 0 saturated carbocycles. The molecule has 0 radical (unpaired) electrons. The SMILES string of the molecule is CNc1cccc(OC)c1CBr. The van der Waals surface area contributed by atoms with E-state index in [2.05, 4.69) is 21.2 Å². The van der Waals surface area contributed by atoms with Crippen molar-refractivity contribution in [2.75, 3.05) is 19.5 Å². The lowest BCUT2D eigenvalue weighted by Crippen LogP contribution is -1.96. The summed E-state index contributed by atoms with van der Waals surface area (Å²) in [4.78, 5) is 0. The maximum absolute atomic E-state index is 5.21. The molecule has 0 aliphatic carbocycles. The number of alkyl halides is 1. The standard InChI is InChI=1S/C9H12BrNO/c1-11-8-4-3-5-9(12-2)7(8)6-10/h3-5,11H,6H2,1-2H3. The van der Waals surface area contributed by atoms with Gasteiger partial charge in [0, 0.05) is 23.6 Å². The molecule has 1 aromatic carbocycles. The van der Waals surface area contributed by atoms with Gasteiger partial charge < -0.3 is 10.1 Å². The van der Waals surface area contributed by atoms with Crippen LogP contribution in [0, 0.1) is 0 Å². The van der Waals surface area contributed by atoms with Crippen molar-refractivity contribution in [1.29, 1.82) is 0 Å². The Bertz CT molecular complexity index is 240. The van der Waals surface area contributed by atoms with Crippen LogP contribution in [-0.4, -0.2) is 14.2 Å². The number of nitrogens with one attached hydrogen (secondary N) is 1. The molecule has 3 heteroatoms. The van der Waals surface area contributed by atoms with Gasteiger partial charge in [0.05, 0.1) is 7.11 Å². The molecular weight excluding hydrogens is 218 g/mol. The lowest BCUT2D eigenvalue weighted by atomic mass is 10.2. The van der Waals surface area contributed by atoms with E-state index in [1.54, 1.807) is 7.11 Å². The molecule has 0 unspecified atom stereocenters. The van der Waals surface area contributed by atoms with E-state index in [1.165, 1.54) is 0 Å². The molecule has 0 aliphatic heterocycles. The molecule has 0 fully saturated rings. The van der Waals surface area contributed by atoms with Gasteiger partial charge in [-0.2, -0.15) is 0 Å². The van der Waals surface area contributed by atoms with Crippen LogP contribution in [0.15, 0.2) is 18.2 Å². The van der Waals surface area contributed by atoms with Crippen molar-refractivity contribution in [3.8, 4) is 5.75 Å². The number of anilines is 1. The number of benzene rings is 1. The summed E-state index contributed by atoms with van der Waals surface area (Å²) >= 11 is 3.42. The first-order valence-electron chi connectivity index (χ1n) is 3.73. The highest BCUT2D eigenvalue weighted by molar-refractivity contribution is 9.08. The predicted molar refractivity (Wildman–Crippen MR) is 55.2 cm³/mol.